The number of benzene rings is 2. The number of aromatic amines is 1. The quantitative estimate of drug-likeness (QED) is 0.786. The van der Waals surface area contributed by atoms with E-state index in [-0.39, 0.29) is 12.2 Å². The number of aromatic nitrogens is 1. The van der Waals surface area contributed by atoms with Gasteiger partial charge in [-0.15, -0.1) is 0 Å². The molecule has 1 N–H and O–H groups in total. The van der Waals surface area contributed by atoms with Crippen molar-refractivity contribution in [1.82, 2.24) is 4.98 Å². The minimum atomic E-state index is -0.279. The number of rotatable bonds is 3. The minimum Gasteiger partial charge on any atom is -0.497 e. The molecule has 0 saturated heterocycles. The highest BCUT2D eigenvalue weighted by Crippen LogP contribution is 2.32. The molecule has 4 heteroatoms. The molecule has 0 spiro atoms. The van der Waals surface area contributed by atoms with Crippen molar-refractivity contribution in [2.24, 2.45) is 0 Å². The Hall–Kier alpha value is -2.80. The van der Waals surface area contributed by atoms with Crippen LogP contribution in [0.2, 0.25) is 0 Å². The van der Waals surface area contributed by atoms with Gasteiger partial charge in [0.05, 0.1) is 25.3 Å². The van der Waals surface area contributed by atoms with E-state index >= 15 is 0 Å². The fraction of sp³-hybridized carbons (Fsp3) is 0.118. The topological polar surface area (TPSA) is 48.8 Å². The molecule has 3 nitrogen and oxygen atoms in total. The summed E-state index contributed by atoms with van der Waals surface area (Å²) in [6, 6.07) is 14.1. The average molecular weight is 280 g/mol. The lowest BCUT2D eigenvalue weighted by Gasteiger charge is -2.02. The molecule has 0 fully saturated rings. The van der Waals surface area contributed by atoms with Crippen LogP contribution in [0.25, 0.3) is 22.2 Å². The third-order valence-electron chi connectivity index (χ3n) is 3.50. The maximum atomic E-state index is 13.1. The molecular formula is C17H13FN2O. The smallest absolute Gasteiger partial charge is 0.123 e. The number of hydrogen-bond acceptors (Lipinski definition) is 2. The first-order valence-electron chi connectivity index (χ1n) is 6.54. The Morgan fingerprint density at radius 3 is 2.62 bits per heavy atom. The first kappa shape index (κ1) is 13.2. The summed E-state index contributed by atoms with van der Waals surface area (Å²) < 4.78 is 18.3. The molecule has 0 amide bonds. The van der Waals surface area contributed by atoms with Crippen molar-refractivity contribution in [1.29, 1.82) is 5.26 Å². The summed E-state index contributed by atoms with van der Waals surface area (Å²) >= 11 is 0. The standard InChI is InChI=1S/C17H13FN2O/c1-21-13-6-7-16-15(10-13)14(8-9-19)17(20-16)11-2-4-12(18)5-3-11/h2-7,10,20H,8H2,1H3. The second kappa shape index (κ2) is 5.29. The molecular weight excluding hydrogens is 267 g/mol. The molecule has 3 rings (SSSR count). The number of hydrogen-bond donors (Lipinski definition) is 1. The van der Waals surface area contributed by atoms with Crippen molar-refractivity contribution in [3.05, 3.63) is 53.8 Å². The summed E-state index contributed by atoms with van der Waals surface area (Å²) in [4.78, 5) is 3.31. The van der Waals surface area contributed by atoms with Crippen LogP contribution in [0.4, 0.5) is 4.39 Å². The van der Waals surface area contributed by atoms with Crippen LogP contribution in [-0.4, -0.2) is 12.1 Å². The van der Waals surface area contributed by atoms with Crippen molar-refractivity contribution in [2.75, 3.05) is 7.11 Å². The van der Waals surface area contributed by atoms with Crippen LogP contribution in [0.15, 0.2) is 42.5 Å². The normalized spacial score (nSPS) is 10.5. The van der Waals surface area contributed by atoms with Crippen LogP contribution in [0.1, 0.15) is 5.56 Å². The lowest BCUT2D eigenvalue weighted by molar-refractivity contribution is 0.415. The highest BCUT2D eigenvalue weighted by Gasteiger charge is 2.13. The number of H-pyrrole nitrogens is 1. The molecule has 1 heterocycles. The Morgan fingerprint density at radius 2 is 1.95 bits per heavy atom. The second-order valence-electron chi connectivity index (χ2n) is 4.73. The number of ether oxygens (including phenoxy) is 1. The maximum Gasteiger partial charge on any atom is 0.123 e. The fourth-order valence-electron chi connectivity index (χ4n) is 2.48. The molecule has 104 valence electrons. The molecule has 0 aliphatic rings. The van der Waals surface area contributed by atoms with Gasteiger partial charge in [0.1, 0.15) is 11.6 Å². The largest absolute Gasteiger partial charge is 0.497 e. The number of methoxy groups -OCH3 is 1. The molecule has 0 aliphatic heterocycles. The third-order valence-corrected chi connectivity index (χ3v) is 3.50. The van der Waals surface area contributed by atoms with Crippen LogP contribution in [0.3, 0.4) is 0 Å². The summed E-state index contributed by atoms with van der Waals surface area (Å²) in [5.74, 6) is 0.463. The molecule has 3 aromatic rings. The Kier molecular flexibility index (Phi) is 3.33. The number of halogens is 1. The molecule has 21 heavy (non-hydrogen) atoms. The van der Waals surface area contributed by atoms with Gasteiger partial charge in [-0.05, 0) is 53.6 Å². The van der Waals surface area contributed by atoms with Crippen LogP contribution >= 0.6 is 0 Å². The van der Waals surface area contributed by atoms with Gasteiger partial charge < -0.3 is 9.72 Å². The SMILES string of the molecule is COc1ccc2[nH]c(-c3ccc(F)cc3)c(CC#N)c2c1. The van der Waals surface area contributed by atoms with Crippen molar-refractivity contribution < 1.29 is 9.13 Å². The Labute approximate surface area is 121 Å². The Morgan fingerprint density at radius 1 is 1.19 bits per heavy atom. The predicted molar refractivity (Wildman–Crippen MR) is 79.6 cm³/mol. The number of fused-ring (bicyclic) bond motifs is 1. The van der Waals surface area contributed by atoms with E-state index in [0.29, 0.717) is 0 Å². The van der Waals surface area contributed by atoms with E-state index in [1.807, 2.05) is 18.2 Å². The molecule has 2 aromatic carbocycles. The van der Waals surface area contributed by atoms with Crippen LogP contribution < -0.4 is 4.74 Å². The molecule has 1 aromatic heterocycles. The van der Waals surface area contributed by atoms with Gasteiger partial charge >= 0.3 is 0 Å². The zero-order valence-electron chi connectivity index (χ0n) is 11.5. The van der Waals surface area contributed by atoms with Gasteiger partial charge in [0.2, 0.25) is 0 Å². The lowest BCUT2D eigenvalue weighted by Crippen LogP contribution is -1.87. The van der Waals surface area contributed by atoms with Gasteiger partial charge in [0.25, 0.3) is 0 Å². The van der Waals surface area contributed by atoms with E-state index in [4.69, 9.17) is 10.00 Å². The van der Waals surface area contributed by atoms with Gasteiger partial charge in [0.15, 0.2) is 0 Å². The van der Waals surface area contributed by atoms with Crippen molar-refractivity contribution in [3.8, 4) is 23.1 Å². The zero-order chi connectivity index (χ0) is 14.8. The second-order valence-corrected chi connectivity index (χ2v) is 4.73. The minimum absolute atomic E-state index is 0.278. The summed E-state index contributed by atoms with van der Waals surface area (Å²) in [6.07, 6.45) is 0.278. The number of nitrogens with one attached hydrogen (secondary N) is 1. The molecule has 0 saturated carbocycles. The summed E-state index contributed by atoms with van der Waals surface area (Å²) in [6.45, 7) is 0. The molecule has 0 unspecified atom stereocenters. The van der Waals surface area contributed by atoms with E-state index in [9.17, 15) is 4.39 Å². The first-order chi connectivity index (χ1) is 10.2. The zero-order valence-corrected chi connectivity index (χ0v) is 11.5. The number of nitriles is 1. The van der Waals surface area contributed by atoms with Gasteiger partial charge in [0, 0.05) is 10.9 Å². The van der Waals surface area contributed by atoms with E-state index in [1.54, 1.807) is 19.2 Å². The summed E-state index contributed by atoms with van der Waals surface area (Å²) in [5, 5.41) is 10.0. The van der Waals surface area contributed by atoms with Crippen molar-refractivity contribution in [3.63, 3.8) is 0 Å². The van der Waals surface area contributed by atoms with Crippen molar-refractivity contribution in [2.45, 2.75) is 6.42 Å². The molecule has 0 bridgehead atoms. The molecule has 0 atom stereocenters. The lowest BCUT2D eigenvalue weighted by atomic mass is 10.0. The van der Waals surface area contributed by atoms with Crippen LogP contribution in [0.5, 0.6) is 5.75 Å². The predicted octanol–water partition coefficient (Wildman–Crippen LogP) is 4.05. The summed E-state index contributed by atoms with van der Waals surface area (Å²) in [5.41, 5.74) is 3.54. The van der Waals surface area contributed by atoms with Gasteiger partial charge in [-0.25, -0.2) is 4.39 Å². The van der Waals surface area contributed by atoms with Crippen LogP contribution in [0, 0.1) is 17.1 Å². The monoisotopic (exact) mass is 280 g/mol. The van der Waals surface area contributed by atoms with E-state index in [1.165, 1.54) is 12.1 Å². The highest BCUT2D eigenvalue weighted by atomic mass is 19.1. The molecule has 0 radical (unpaired) electrons. The van der Waals surface area contributed by atoms with Gasteiger partial charge in [-0.3, -0.25) is 0 Å². The van der Waals surface area contributed by atoms with E-state index in [2.05, 4.69) is 11.1 Å². The van der Waals surface area contributed by atoms with Gasteiger partial charge in [-0.1, -0.05) is 0 Å². The third kappa shape index (κ3) is 2.34. The summed E-state index contributed by atoms with van der Waals surface area (Å²) in [7, 11) is 1.61. The van der Waals surface area contributed by atoms with Gasteiger partial charge in [-0.2, -0.15) is 5.26 Å². The molecule has 0 aliphatic carbocycles. The average Bonchev–Trinajstić information content (AvgIpc) is 2.86. The Bertz CT molecular complexity index is 828. The van der Waals surface area contributed by atoms with E-state index in [0.717, 1.165) is 33.5 Å². The first-order valence-corrected chi connectivity index (χ1v) is 6.54. The van der Waals surface area contributed by atoms with Crippen LogP contribution in [-0.2, 0) is 6.42 Å². The Balaban J connectivity index is 2.24. The highest BCUT2D eigenvalue weighted by molar-refractivity contribution is 5.92. The van der Waals surface area contributed by atoms with E-state index < -0.39 is 0 Å². The maximum absolute atomic E-state index is 13.1. The fourth-order valence-corrected chi connectivity index (χ4v) is 2.48. The number of nitrogens with zero attached hydrogens (tertiary/aromatic N) is 1. The van der Waals surface area contributed by atoms with Crippen molar-refractivity contribution >= 4 is 10.9 Å².